The number of hydrogen-bond donors (Lipinski definition) is 1. The van der Waals surface area contributed by atoms with Crippen LogP contribution >= 0.6 is 15.9 Å². The van der Waals surface area contributed by atoms with Gasteiger partial charge in [0, 0.05) is 23.6 Å². The Morgan fingerprint density at radius 1 is 1.05 bits per heavy atom. The third-order valence-electron chi connectivity index (χ3n) is 3.08. The van der Waals surface area contributed by atoms with Gasteiger partial charge >= 0.3 is 0 Å². The largest absolute Gasteiger partial charge is 0.421 e. The number of para-hydroxylation sites is 1. The van der Waals surface area contributed by atoms with Crippen LogP contribution in [-0.4, -0.2) is 10.2 Å². The summed E-state index contributed by atoms with van der Waals surface area (Å²) in [6.07, 6.45) is 0. The van der Waals surface area contributed by atoms with Crippen molar-refractivity contribution in [2.45, 2.75) is 13.5 Å². The molecule has 0 aliphatic heterocycles. The van der Waals surface area contributed by atoms with E-state index in [-0.39, 0.29) is 0 Å². The van der Waals surface area contributed by atoms with Crippen molar-refractivity contribution in [1.82, 2.24) is 10.2 Å². The predicted molar refractivity (Wildman–Crippen MR) is 85.9 cm³/mol. The Hall–Kier alpha value is -2.14. The zero-order valence-electron chi connectivity index (χ0n) is 11.5. The molecule has 0 bridgehead atoms. The van der Waals surface area contributed by atoms with Gasteiger partial charge in [0.05, 0.1) is 5.56 Å². The lowest BCUT2D eigenvalue weighted by Gasteiger charge is -2.09. The van der Waals surface area contributed by atoms with Gasteiger partial charge in [-0.2, -0.15) is 0 Å². The van der Waals surface area contributed by atoms with Crippen molar-refractivity contribution in [2.75, 3.05) is 5.32 Å². The fourth-order valence-electron chi connectivity index (χ4n) is 2.03. The first-order valence-electron chi connectivity index (χ1n) is 6.60. The molecule has 1 aromatic heterocycles. The van der Waals surface area contributed by atoms with E-state index in [4.69, 9.17) is 4.42 Å². The summed E-state index contributed by atoms with van der Waals surface area (Å²) in [5.41, 5.74) is 3.09. The summed E-state index contributed by atoms with van der Waals surface area (Å²) in [5, 5.41) is 11.4. The molecule has 0 radical (unpaired) electrons. The van der Waals surface area contributed by atoms with Crippen LogP contribution in [0, 0.1) is 6.92 Å². The van der Waals surface area contributed by atoms with Gasteiger partial charge in [0.15, 0.2) is 0 Å². The van der Waals surface area contributed by atoms with E-state index in [2.05, 4.69) is 43.6 Å². The smallest absolute Gasteiger partial charge is 0.249 e. The zero-order chi connectivity index (χ0) is 14.7. The normalized spacial score (nSPS) is 10.6. The third-order valence-corrected chi connectivity index (χ3v) is 3.61. The van der Waals surface area contributed by atoms with Gasteiger partial charge in [-0.15, -0.1) is 10.2 Å². The molecule has 21 heavy (non-hydrogen) atoms. The van der Waals surface area contributed by atoms with Crippen molar-refractivity contribution in [3.8, 4) is 11.5 Å². The quantitative estimate of drug-likeness (QED) is 0.761. The van der Waals surface area contributed by atoms with Crippen molar-refractivity contribution in [3.05, 3.63) is 64.5 Å². The highest BCUT2D eigenvalue weighted by Crippen LogP contribution is 2.27. The number of nitrogens with zero attached hydrogens (tertiary/aromatic N) is 2. The Morgan fingerprint density at radius 2 is 1.81 bits per heavy atom. The van der Waals surface area contributed by atoms with Crippen molar-refractivity contribution < 1.29 is 4.42 Å². The molecule has 1 N–H and O–H groups in total. The second-order valence-electron chi connectivity index (χ2n) is 4.65. The van der Waals surface area contributed by atoms with Crippen LogP contribution in [0.1, 0.15) is 11.5 Å². The van der Waals surface area contributed by atoms with Crippen LogP contribution in [0.2, 0.25) is 0 Å². The molecular weight excluding hydrogens is 330 g/mol. The van der Waals surface area contributed by atoms with Gasteiger partial charge < -0.3 is 9.73 Å². The highest BCUT2D eigenvalue weighted by Gasteiger charge is 2.10. The molecule has 4 nitrogen and oxygen atoms in total. The summed E-state index contributed by atoms with van der Waals surface area (Å²) in [5.74, 6) is 1.10. The molecule has 0 aliphatic carbocycles. The van der Waals surface area contributed by atoms with E-state index < -0.39 is 0 Å². The van der Waals surface area contributed by atoms with E-state index in [1.54, 1.807) is 6.92 Å². The van der Waals surface area contributed by atoms with Crippen LogP contribution in [0.4, 0.5) is 5.69 Å². The molecule has 3 rings (SSSR count). The second-order valence-corrected chi connectivity index (χ2v) is 5.57. The molecule has 5 heteroatoms. The van der Waals surface area contributed by atoms with Crippen LogP contribution in [-0.2, 0) is 6.54 Å². The SMILES string of the molecule is Cc1nnc(-c2ccccc2NCc2ccc(Br)cc2)o1. The first-order valence-corrected chi connectivity index (χ1v) is 7.39. The Balaban J connectivity index is 1.81. The number of rotatable bonds is 4. The van der Waals surface area contributed by atoms with Gasteiger partial charge in [-0.3, -0.25) is 0 Å². The molecule has 0 spiro atoms. The molecule has 0 fully saturated rings. The molecule has 0 aliphatic rings. The summed E-state index contributed by atoms with van der Waals surface area (Å²) in [6, 6.07) is 16.1. The van der Waals surface area contributed by atoms with Crippen LogP contribution in [0.3, 0.4) is 0 Å². The van der Waals surface area contributed by atoms with Gasteiger partial charge in [0.2, 0.25) is 11.8 Å². The van der Waals surface area contributed by atoms with Crippen LogP contribution < -0.4 is 5.32 Å². The molecule has 0 atom stereocenters. The van der Waals surface area contributed by atoms with Gasteiger partial charge in [-0.05, 0) is 29.8 Å². The molecule has 0 saturated carbocycles. The summed E-state index contributed by atoms with van der Waals surface area (Å²) in [7, 11) is 0. The third kappa shape index (κ3) is 3.31. The lowest BCUT2D eigenvalue weighted by molar-refractivity contribution is 0.533. The van der Waals surface area contributed by atoms with Crippen molar-refractivity contribution >= 4 is 21.6 Å². The lowest BCUT2D eigenvalue weighted by Crippen LogP contribution is -2.00. The average molecular weight is 344 g/mol. The van der Waals surface area contributed by atoms with E-state index >= 15 is 0 Å². The van der Waals surface area contributed by atoms with Crippen molar-refractivity contribution in [1.29, 1.82) is 0 Å². The van der Waals surface area contributed by atoms with Gasteiger partial charge in [0.25, 0.3) is 0 Å². The average Bonchev–Trinajstić information content (AvgIpc) is 2.93. The van der Waals surface area contributed by atoms with Crippen LogP contribution in [0.5, 0.6) is 0 Å². The fourth-order valence-corrected chi connectivity index (χ4v) is 2.29. The van der Waals surface area contributed by atoms with E-state index in [0.29, 0.717) is 11.8 Å². The first-order chi connectivity index (χ1) is 10.2. The number of hydrogen-bond acceptors (Lipinski definition) is 4. The van der Waals surface area contributed by atoms with Crippen molar-refractivity contribution in [3.63, 3.8) is 0 Å². The first kappa shape index (κ1) is 13.8. The Bertz CT molecular complexity index is 737. The maximum absolute atomic E-state index is 5.51. The summed E-state index contributed by atoms with van der Waals surface area (Å²) in [6.45, 7) is 2.52. The number of benzene rings is 2. The Kier molecular flexibility index (Phi) is 4.01. The second kappa shape index (κ2) is 6.10. The van der Waals surface area contributed by atoms with Crippen LogP contribution in [0.15, 0.2) is 57.4 Å². The molecule has 3 aromatic rings. The summed E-state index contributed by atoms with van der Waals surface area (Å²) >= 11 is 3.44. The number of aryl methyl sites for hydroxylation is 1. The maximum Gasteiger partial charge on any atom is 0.249 e. The monoisotopic (exact) mass is 343 g/mol. The fraction of sp³-hybridized carbons (Fsp3) is 0.125. The number of anilines is 1. The van der Waals surface area contributed by atoms with Gasteiger partial charge in [-0.25, -0.2) is 0 Å². The number of halogens is 1. The molecule has 1 heterocycles. The van der Waals surface area contributed by atoms with Gasteiger partial charge in [-0.1, -0.05) is 40.2 Å². The van der Waals surface area contributed by atoms with Crippen LogP contribution in [0.25, 0.3) is 11.5 Å². The summed E-state index contributed by atoms with van der Waals surface area (Å²) < 4.78 is 6.59. The molecule has 0 saturated heterocycles. The molecule has 106 valence electrons. The molecular formula is C16H14BrN3O. The highest BCUT2D eigenvalue weighted by atomic mass is 79.9. The minimum atomic E-state index is 0.534. The summed E-state index contributed by atoms with van der Waals surface area (Å²) in [4.78, 5) is 0. The Labute approximate surface area is 131 Å². The predicted octanol–water partition coefficient (Wildman–Crippen LogP) is 4.42. The van der Waals surface area contributed by atoms with E-state index in [1.165, 1.54) is 5.56 Å². The number of aromatic nitrogens is 2. The minimum absolute atomic E-state index is 0.534. The highest BCUT2D eigenvalue weighted by molar-refractivity contribution is 9.10. The zero-order valence-corrected chi connectivity index (χ0v) is 13.1. The van der Waals surface area contributed by atoms with E-state index in [9.17, 15) is 0 Å². The minimum Gasteiger partial charge on any atom is -0.421 e. The topological polar surface area (TPSA) is 51.0 Å². The molecule has 0 unspecified atom stereocenters. The Morgan fingerprint density at radius 3 is 2.52 bits per heavy atom. The van der Waals surface area contributed by atoms with Crippen molar-refractivity contribution in [2.24, 2.45) is 0 Å². The maximum atomic E-state index is 5.51. The van der Waals surface area contributed by atoms with E-state index in [1.807, 2.05) is 36.4 Å². The van der Waals surface area contributed by atoms with E-state index in [0.717, 1.165) is 22.3 Å². The number of nitrogens with one attached hydrogen (secondary N) is 1. The molecule has 0 amide bonds. The molecule has 2 aromatic carbocycles. The lowest BCUT2D eigenvalue weighted by atomic mass is 10.1. The van der Waals surface area contributed by atoms with Gasteiger partial charge in [0.1, 0.15) is 0 Å². The standard InChI is InChI=1S/C16H14BrN3O/c1-11-19-20-16(21-11)14-4-2-3-5-15(14)18-10-12-6-8-13(17)9-7-12/h2-9,18H,10H2,1H3.